The van der Waals surface area contributed by atoms with Crippen LogP contribution in [-0.4, -0.2) is 27.3 Å². The van der Waals surface area contributed by atoms with Crippen LogP contribution in [0.1, 0.15) is 43.9 Å². The van der Waals surface area contributed by atoms with Crippen LogP contribution in [0.3, 0.4) is 0 Å². The summed E-state index contributed by atoms with van der Waals surface area (Å²) in [6.45, 7) is 6.61. The van der Waals surface area contributed by atoms with E-state index in [1.54, 1.807) is 4.68 Å². The van der Waals surface area contributed by atoms with E-state index in [4.69, 9.17) is 4.74 Å². The van der Waals surface area contributed by atoms with E-state index < -0.39 is 6.04 Å². The number of aryl methyl sites for hydroxylation is 1. The van der Waals surface area contributed by atoms with Crippen molar-refractivity contribution in [2.75, 3.05) is 17.2 Å². The molecule has 1 atom stereocenters. The molecule has 4 rings (SSSR count). The lowest BCUT2D eigenvalue weighted by molar-refractivity contribution is -0.113. The number of ether oxygens (including phenoxy) is 1. The zero-order valence-corrected chi connectivity index (χ0v) is 19.9. The number of aromatic nitrogens is 3. The molecule has 7 nitrogen and oxygen atoms in total. The van der Waals surface area contributed by atoms with Gasteiger partial charge in [-0.1, -0.05) is 41.4 Å². The summed E-state index contributed by atoms with van der Waals surface area (Å²) in [7, 11) is 0. The van der Waals surface area contributed by atoms with E-state index in [1.807, 2.05) is 56.3 Å². The smallest absolute Gasteiger partial charge is 0.255 e. The van der Waals surface area contributed by atoms with Gasteiger partial charge in [-0.3, -0.25) is 4.79 Å². The Kier molecular flexibility index (Phi) is 6.60. The maximum Gasteiger partial charge on any atom is 0.255 e. The molecule has 166 valence electrons. The van der Waals surface area contributed by atoms with Gasteiger partial charge in [-0.2, -0.15) is 10.1 Å². The maximum absolute atomic E-state index is 13.5. The first kappa shape index (κ1) is 22.1. The summed E-state index contributed by atoms with van der Waals surface area (Å²) < 4.78 is 8.74. The van der Waals surface area contributed by atoms with Crippen LogP contribution in [0.25, 0.3) is 0 Å². The first-order valence-corrected chi connectivity index (χ1v) is 11.4. The van der Waals surface area contributed by atoms with Crippen molar-refractivity contribution in [1.29, 1.82) is 0 Å². The summed E-state index contributed by atoms with van der Waals surface area (Å²) in [5.41, 5.74) is 3.94. The topological polar surface area (TPSA) is 81.1 Å². The Bertz CT molecular complexity index is 1170. The summed E-state index contributed by atoms with van der Waals surface area (Å²) >= 11 is 3.58. The Hall–Kier alpha value is -3.13. The third-order valence-corrected chi connectivity index (χ3v) is 5.83. The van der Waals surface area contributed by atoms with Gasteiger partial charge in [-0.25, -0.2) is 4.68 Å². The van der Waals surface area contributed by atoms with Gasteiger partial charge in [-0.15, -0.1) is 0 Å². The van der Waals surface area contributed by atoms with Crippen LogP contribution in [0.2, 0.25) is 0 Å². The zero-order valence-electron chi connectivity index (χ0n) is 18.4. The Morgan fingerprint density at radius 2 is 2.09 bits per heavy atom. The molecule has 0 spiro atoms. The largest absolute Gasteiger partial charge is 0.493 e. The van der Waals surface area contributed by atoms with Crippen molar-refractivity contribution < 1.29 is 9.53 Å². The van der Waals surface area contributed by atoms with Gasteiger partial charge < -0.3 is 15.4 Å². The molecule has 2 N–H and O–H groups in total. The van der Waals surface area contributed by atoms with E-state index in [1.165, 1.54) is 6.33 Å². The number of carbonyl (C=O) groups excluding carboxylic acids is 1. The number of benzene rings is 2. The molecular formula is C24H26BrN5O2. The number of amides is 1. The third kappa shape index (κ3) is 4.55. The van der Waals surface area contributed by atoms with Crippen LogP contribution in [0.15, 0.2) is 64.5 Å². The first-order valence-electron chi connectivity index (χ1n) is 10.7. The highest BCUT2D eigenvalue weighted by molar-refractivity contribution is 9.10. The predicted molar refractivity (Wildman–Crippen MR) is 129 cm³/mol. The van der Waals surface area contributed by atoms with E-state index in [9.17, 15) is 4.79 Å². The lowest BCUT2D eigenvalue weighted by Crippen LogP contribution is -2.31. The quantitative estimate of drug-likeness (QED) is 0.425. The molecule has 1 amide bonds. The van der Waals surface area contributed by atoms with Crippen molar-refractivity contribution in [3.8, 4) is 5.75 Å². The van der Waals surface area contributed by atoms with Gasteiger partial charge in [0.2, 0.25) is 5.95 Å². The summed E-state index contributed by atoms with van der Waals surface area (Å²) in [6, 6.07) is 13.1. The molecule has 0 bridgehead atoms. The maximum atomic E-state index is 13.5. The fourth-order valence-electron chi connectivity index (χ4n) is 3.78. The number of carbonyl (C=O) groups is 1. The average Bonchev–Trinajstić information content (AvgIpc) is 3.22. The van der Waals surface area contributed by atoms with Gasteiger partial charge in [0, 0.05) is 21.4 Å². The molecular weight excluding hydrogens is 470 g/mol. The SMILES string of the molecule is CCCCOc1ccc(Br)cc1C1C(C(=O)Nc2cccc(C)c2)=C(C)Nc2ncnn21. The number of anilines is 2. The van der Waals surface area contributed by atoms with Gasteiger partial charge in [0.1, 0.15) is 18.1 Å². The third-order valence-electron chi connectivity index (χ3n) is 5.34. The zero-order chi connectivity index (χ0) is 22.7. The van der Waals surface area contributed by atoms with Crippen molar-refractivity contribution in [3.05, 3.63) is 75.7 Å². The van der Waals surface area contributed by atoms with E-state index in [2.05, 4.69) is 43.6 Å². The lowest BCUT2D eigenvalue weighted by Gasteiger charge is -2.30. The Balaban J connectivity index is 1.78. The molecule has 2 heterocycles. The van der Waals surface area contributed by atoms with E-state index in [0.29, 0.717) is 18.1 Å². The molecule has 32 heavy (non-hydrogen) atoms. The summed E-state index contributed by atoms with van der Waals surface area (Å²) in [5, 5.41) is 10.7. The minimum absolute atomic E-state index is 0.203. The van der Waals surface area contributed by atoms with Crippen molar-refractivity contribution in [2.45, 2.75) is 39.7 Å². The average molecular weight is 496 g/mol. The van der Waals surface area contributed by atoms with Crippen LogP contribution in [0, 0.1) is 6.92 Å². The number of fused-ring (bicyclic) bond motifs is 1. The number of hydrogen-bond donors (Lipinski definition) is 2. The molecule has 0 fully saturated rings. The van der Waals surface area contributed by atoms with Gasteiger partial charge in [-0.05, 0) is 56.2 Å². The molecule has 1 aliphatic heterocycles. The van der Waals surface area contributed by atoms with E-state index in [-0.39, 0.29) is 5.91 Å². The van der Waals surface area contributed by atoms with Crippen molar-refractivity contribution >= 4 is 33.5 Å². The molecule has 3 aromatic rings. The second-order valence-electron chi connectivity index (χ2n) is 7.80. The van der Waals surface area contributed by atoms with E-state index in [0.717, 1.165) is 45.6 Å². The Morgan fingerprint density at radius 1 is 1.25 bits per heavy atom. The molecule has 0 saturated heterocycles. The van der Waals surface area contributed by atoms with Crippen LogP contribution in [-0.2, 0) is 4.79 Å². The Labute approximate surface area is 196 Å². The Morgan fingerprint density at radius 3 is 2.88 bits per heavy atom. The minimum Gasteiger partial charge on any atom is -0.493 e. The molecule has 8 heteroatoms. The van der Waals surface area contributed by atoms with Crippen LogP contribution in [0.5, 0.6) is 5.75 Å². The second kappa shape index (κ2) is 9.56. The van der Waals surface area contributed by atoms with Gasteiger partial charge in [0.25, 0.3) is 5.91 Å². The van der Waals surface area contributed by atoms with Crippen LogP contribution >= 0.6 is 15.9 Å². The highest BCUT2D eigenvalue weighted by Crippen LogP contribution is 2.40. The van der Waals surface area contributed by atoms with Gasteiger partial charge >= 0.3 is 0 Å². The molecule has 2 aromatic carbocycles. The summed E-state index contributed by atoms with van der Waals surface area (Å²) in [6.07, 6.45) is 3.47. The molecule has 1 aromatic heterocycles. The van der Waals surface area contributed by atoms with Gasteiger partial charge in [0.15, 0.2) is 0 Å². The fourth-order valence-corrected chi connectivity index (χ4v) is 4.16. The first-order chi connectivity index (χ1) is 15.5. The molecule has 1 aliphatic rings. The van der Waals surface area contributed by atoms with Crippen molar-refractivity contribution in [3.63, 3.8) is 0 Å². The number of halogens is 1. The molecule has 0 saturated carbocycles. The summed E-state index contributed by atoms with van der Waals surface area (Å²) in [5.74, 6) is 1.11. The van der Waals surface area contributed by atoms with E-state index >= 15 is 0 Å². The normalized spacial score (nSPS) is 15.2. The van der Waals surface area contributed by atoms with Gasteiger partial charge in [0.05, 0.1) is 12.2 Å². The highest BCUT2D eigenvalue weighted by atomic mass is 79.9. The number of hydrogen-bond acceptors (Lipinski definition) is 5. The fraction of sp³-hybridized carbons (Fsp3) is 0.292. The highest BCUT2D eigenvalue weighted by Gasteiger charge is 2.35. The number of nitrogens with zero attached hydrogens (tertiary/aromatic N) is 3. The van der Waals surface area contributed by atoms with Crippen LogP contribution in [0.4, 0.5) is 11.6 Å². The predicted octanol–water partition coefficient (Wildman–Crippen LogP) is 5.46. The number of unbranched alkanes of at least 4 members (excludes halogenated alkanes) is 1. The summed E-state index contributed by atoms with van der Waals surface area (Å²) in [4.78, 5) is 17.9. The van der Waals surface area contributed by atoms with Crippen LogP contribution < -0.4 is 15.4 Å². The van der Waals surface area contributed by atoms with Crippen molar-refractivity contribution in [1.82, 2.24) is 14.8 Å². The molecule has 0 radical (unpaired) electrons. The number of nitrogens with one attached hydrogen (secondary N) is 2. The second-order valence-corrected chi connectivity index (χ2v) is 8.72. The molecule has 0 aliphatic carbocycles. The standard InChI is InChI=1S/C24H26BrN5O2/c1-4-5-11-32-20-10-9-17(25)13-19(20)22-21(16(3)28-24-26-14-27-30(22)24)23(31)29-18-8-6-7-15(2)12-18/h6-10,12-14,22H,4-5,11H2,1-3H3,(H,29,31)(H,26,27,28). The lowest BCUT2D eigenvalue weighted by atomic mass is 9.94. The molecule has 1 unspecified atom stereocenters. The minimum atomic E-state index is -0.493. The number of allylic oxidation sites excluding steroid dienone is 1. The van der Waals surface area contributed by atoms with Crippen molar-refractivity contribution in [2.24, 2.45) is 0 Å². The monoisotopic (exact) mass is 495 g/mol. The number of rotatable bonds is 7.